The smallest absolute Gasteiger partial charge is 0.251 e. The van der Waals surface area contributed by atoms with Crippen LogP contribution >= 0.6 is 11.6 Å². The highest BCUT2D eigenvalue weighted by molar-refractivity contribution is 7.89. The Morgan fingerprint density at radius 1 is 0.949 bits per heavy atom. The monoisotopic (exact) mass is 555 g/mol. The number of benzene rings is 3. The third kappa shape index (κ3) is 6.04. The average Bonchev–Trinajstić information content (AvgIpc) is 3.74. The van der Waals surface area contributed by atoms with Crippen LogP contribution in [-0.4, -0.2) is 23.6 Å². The third-order valence-corrected chi connectivity index (χ3v) is 8.86. The molecule has 3 aromatic carbocycles. The van der Waals surface area contributed by atoms with E-state index in [0.29, 0.717) is 21.8 Å². The molecular formula is C31H26ClN3O3S. The molecule has 1 aromatic heterocycles. The van der Waals surface area contributed by atoms with Crippen LogP contribution in [0.5, 0.6) is 0 Å². The van der Waals surface area contributed by atoms with Gasteiger partial charge in [0, 0.05) is 28.9 Å². The molecule has 0 unspecified atom stereocenters. The van der Waals surface area contributed by atoms with E-state index in [2.05, 4.69) is 16.2 Å². The molecule has 0 radical (unpaired) electrons. The molecule has 1 amide bonds. The van der Waals surface area contributed by atoms with Gasteiger partial charge in [-0.05, 0) is 84.6 Å². The predicted molar refractivity (Wildman–Crippen MR) is 151 cm³/mol. The van der Waals surface area contributed by atoms with Crippen LogP contribution in [0.4, 0.5) is 0 Å². The minimum absolute atomic E-state index is 0.0892. The first-order valence-corrected chi connectivity index (χ1v) is 14.3. The molecule has 1 aliphatic carbocycles. The lowest BCUT2D eigenvalue weighted by molar-refractivity contribution is 0.0930. The van der Waals surface area contributed by atoms with Gasteiger partial charge in [0.25, 0.3) is 5.91 Å². The highest BCUT2D eigenvalue weighted by Crippen LogP contribution is 2.45. The number of carbonyl (C=O) groups is 1. The quantitative estimate of drug-likeness (QED) is 0.276. The Morgan fingerprint density at radius 2 is 1.64 bits per heavy atom. The number of terminal acetylenes is 1. The zero-order valence-corrected chi connectivity index (χ0v) is 22.6. The SMILES string of the molecule is C#Cc1ccc(S(=O)(=O)N(Cc2ccc(C(=O)NC3(c4ccc(Cl)cc4)CC3)cc2)Cc2ccccn2)cc1. The first kappa shape index (κ1) is 26.6. The number of rotatable bonds is 9. The van der Waals surface area contributed by atoms with Crippen LogP contribution in [0.2, 0.25) is 5.02 Å². The predicted octanol–water partition coefficient (Wildman–Crippen LogP) is 5.53. The van der Waals surface area contributed by atoms with Crippen LogP contribution in [-0.2, 0) is 28.7 Å². The Bertz CT molecular complexity index is 1610. The molecular weight excluding hydrogens is 530 g/mol. The number of pyridine rings is 1. The van der Waals surface area contributed by atoms with Crippen LogP contribution in [0.15, 0.2) is 102 Å². The lowest BCUT2D eigenvalue weighted by Gasteiger charge is -2.22. The van der Waals surface area contributed by atoms with Gasteiger partial charge in [-0.3, -0.25) is 9.78 Å². The minimum Gasteiger partial charge on any atom is -0.343 e. The standard InChI is InChI=1S/C31H26ClN3O3S/c1-2-23-8-16-29(17-9-23)39(37,38)35(22-28-5-3-4-20-33-28)21-24-6-10-25(11-7-24)30(36)34-31(18-19-31)26-12-14-27(32)15-13-26/h1,3-17,20H,18-19,21-22H2,(H,34,36). The number of hydrogen-bond donors (Lipinski definition) is 1. The number of carbonyl (C=O) groups excluding carboxylic acids is 1. The van der Waals surface area contributed by atoms with E-state index in [9.17, 15) is 13.2 Å². The molecule has 0 aliphatic heterocycles. The molecule has 1 saturated carbocycles. The Kier molecular flexibility index (Phi) is 7.53. The third-order valence-electron chi connectivity index (χ3n) is 6.80. The van der Waals surface area contributed by atoms with Gasteiger partial charge in [0.15, 0.2) is 0 Å². The van der Waals surface area contributed by atoms with Crippen molar-refractivity contribution in [3.63, 3.8) is 0 Å². The van der Waals surface area contributed by atoms with Gasteiger partial charge in [-0.25, -0.2) is 8.42 Å². The molecule has 1 aliphatic rings. The van der Waals surface area contributed by atoms with E-state index >= 15 is 0 Å². The van der Waals surface area contributed by atoms with Gasteiger partial charge in [-0.2, -0.15) is 4.31 Å². The van der Waals surface area contributed by atoms with Crippen molar-refractivity contribution in [3.05, 3.63) is 130 Å². The van der Waals surface area contributed by atoms with E-state index < -0.39 is 10.0 Å². The number of sulfonamides is 1. The van der Waals surface area contributed by atoms with Crippen molar-refractivity contribution in [1.29, 1.82) is 0 Å². The van der Waals surface area contributed by atoms with E-state index in [-0.39, 0.29) is 29.4 Å². The van der Waals surface area contributed by atoms with Crippen LogP contribution in [0.25, 0.3) is 0 Å². The summed E-state index contributed by atoms with van der Waals surface area (Å²) in [5, 5.41) is 3.81. The molecule has 0 spiro atoms. The van der Waals surface area contributed by atoms with Crippen molar-refractivity contribution < 1.29 is 13.2 Å². The summed E-state index contributed by atoms with van der Waals surface area (Å²) in [4.78, 5) is 17.5. The number of halogens is 1. The zero-order valence-electron chi connectivity index (χ0n) is 21.0. The highest BCUT2D eigenvalue weighted by atomic mass is 35.5. The van der Waals surface area contributed by atoms with E-state index in [4.69, 9.17) is 18.0 Å². The second-order valence-electron chi connectivity index (χ2n) is 9.50. The van der Waals surface area contributed by atoms with Gasteiger partial charge in [0.05, 0.1) is 22.7 Å². The molecule has 1 heterocycles. The maximum absolute atomic E-state index is 13.6. The molecule has 8 heteroatoms. The first-order valence-electron chi connectivity index (χ1n) is 12.4. The van der Waals surface area contributed by atoms with Crippen LogP contribution < -0.4 is 5.32 Å². The number of aromatic nitrogens is 1. The summed E-state index contributed by atoms with van der Waals surface area (Å²) < 4.78 is 28.6. The Labute approximate surface area is 233 Å². The molecule has 1 fully saturated rings. The Morgan fingerprint density at radius 3 is 2.23 bits per heavy atom. The second kappa shape index (κ2) is 11.0. The van der Waals surface area contributed by atoms with Gasteiger partial charge < -0.3 is 5.32 Å². The van der Waals surface area contributed by atoms with Crippen LogP contribution in [0.3, 0.4) is 0 Å². The van der Waals surface area contributed by atoms with Crippen molar-refractivity contribution in [1.82, 2.24) is 14.6 Å². The fraction of sp³-hybridized carbons (Fsp3) is 0.161. The van der Waals surface area contributed by atoms with Crippen molar-refractivity contribution in [2.24, 2.45) is 0 Å². The van der Waals surface area contributed by atoms with Gasteiger partial charge in [0.1, 0.15) is 0 Å². The maximum atomic E-state index is 13.6. The fourth-order valence-electron chi connectivity index (χ4n) is 4.40. The van der Waals surface area contributed by atoms with Gasteiger partial charge in [-0.15, -0.1) is 6.42 Å². The zero-order chi connectivity index (χ0) is 27.5. The molecule has 1 N–H and O–H groups in total. The summed E-state index contributed by atoms with van der Waals surface area (Å²) in [6.45, 7) is 0.193. The number of nitrogens with zero attached hydrogens (tertiary/aromatic N) is 2. The van der Waals surface area contributed by atoms with Crippen molar-refractivity contribution in [2.75, 3.05) is 0 Å². The van der Waals surface area contributed by atoms with Crippen LogP contribution in [0.1, 0.15) is 45.6 Å². The number of amides is 1. The number of hydrogen-bond acceptors (Lipinski definition) is 4. The first-order chi connectivity index (χ1) is 18.8. The lowest BCUT2D eigenvalue weighted by atomic mass is 10.0. The molecule has 5 rings (SSSR count). The maximum Gasteiger partial charge on any atom is 0.251 e. The van der Waals surface area contributed by atoms with Crippen molar-refractivity contribution >= 4 is 27.5 Å². The van der Waals surface area contributed by atoms with Gasteiger partial charge >= 0.3 is 0 Å². The molecule has 4 aromatic rings. The summed E-state index contributed by atoms with van der Waals surface area (Å²) in [5.74, 6) is 2.32. The van der Waals surface area contributed by atoms with E-state index in [1.165, 1.54) is 16.4 Å². The lowest BCUT2D eigenvalue weighted by Crippen LogP contribution is -2.34. The largest absolute Gasteiger partial charge is 0.343 e. The molecule has 6 nitrogen and oxygen atoms in total. The highest BCUT2D eigenvalue weighted by Gasteiger charge is 2.45. The summed E-state index contributed by atoms with van der Waals surface area (Å²) in [7, 11) is -3.86. The molecule has 0 atom stereocenters. The van der Waals surface area contributed by atoms with E-state index in [1.54, 1.807) is 54.7 Å². The van der Waals surface area contributed by atoms with Crippen molar-refractivity contribution in [2.45, 2.75) is 36.4 Å². The number of nitrogens with one attached hydrogen (secondary N) is 1. The minimum atomic E-state index is -3.86. The Hall–Kier alpha value is -3.96. The average molecular weight is 556 g/mol. The second-order valence-corrected chi connectivity index (χ2v) is 11.9. The van der Waals surface area contributed by atoms with Gasteiger partial charge in [0.2, 0.25) is 10.0 Å². The van der Waals surface area contributed by atoms with Crippen molar-refractivity contribution in [3.8, 4) is 12.3 Å². The fourth-order valence-corrected chi connectivity index (χ4v) is 5.93. The normalized spacial score (nSPS) is 14.0. The van der Waals surface area contributed by atoms with E-state index in [1.807, 2.05) is 30.3 Å². The summed E-state index contributed by atoms with van der Waals surface area (Å²) in [6.07, 6.45) is 8.78. The molecule has 0 saturated heterocycles. The molecule has 0 bridgehead atoms. The topological polar surface area (TPSA) is 79.4 Å². The summed E-state index contributed by atoms with van der Waals surface area (Å²) >= 11 is 6.02. The van der Waals surface area contributed by atoms with E-state index in [0.717, 1.165) is 24.0 Å². The van der Waals surface area contributed by atoms with Gasteiger partial charge in [-0.1, -0.05) is 47.9 Å². The Balaban J connectivity index is 1.34. The summed E-state index contributed by atoms with van der Waals surface area (Å²) in [6, 6.07) is 26.1. The molecule has 39 heavy (non-hydrogen) atoms. The summed E-state index contributed by atoms with van der Waals surface area (Å²) in [5.41, 5.74) is 3.12. The molecule has 196 valence electrons. The van der Waals surface area contributed by atoms with Crippen LogP contribution in [0, 0.1) is 12.3 Å².